The smallest absolute Gasteiger partial charge is 0.321 e. The molecule has 2 aromatic rings. The first-order valence-corrected chi connectivity index (χ1v) is 10.5. The molecule has 29 heavy (non-hydrogen) atoms. The van der Waals surface area contributed by atoms with Crippen molar-refractivity contribution in [1.82, 2.24) is 15.0 Å². The van der Waals surface area contributed by atoms with Crippen molar-refractivity contribution >= 4 is 11.7 Å². The summed E-state index contributed by atoms with van der Waals surface area (Å²) < 4.78 is 10.9. The van der Waals surface area contributed by atoms with E-state index in [0.717, 1.165) is 61.6 Å². The lowest BCUT2D eigenvalue weighted by atomic mass is 9.76. The number of nitrogens with one attached hydrogen (secondary N) is 1. The van der Waals surface area contributed by atoms with E-state index in [1.165, 1.54) is 5.56 Å². The van der Waals surface area contributed by atoms with E-state index in [0.29, 0.717) is 19.1 Å². The molecule has 1 aromatic carbocycles. The largest absolute Gasteiger partial charge is 0.385 e. The third-order valence-corrected chi connectivity index (χ3v) is 6.12. The molecule has 0 radical (unpaired) electrons. The number of aryl methyl sites for hydroxylation is 2. The van der Waals surface area contributed by atoms with E-state index in [1.54, 1.807) is 7.11 Å². The summed E-state index contributed by atoms with van der Waals surface area (Å²) in [7, 11) is 1.70. The number of anilines is 1. The Kier molecular flexibility index (Phi) is 5.58. The highest BCUT2D eigenvalue weighted by atomic mass is 16.5. The lowest BCUT2D eigenvalue weighted by molar-refractivity contribution is 0.111. The number of piperidine rings is 1. The van der Waals surface area contributed by atoms with Crippen LogP contribution in [-0.2, 0) is 10.2 Å². The minimum absolute atomic E-state index is 0.0793. The average Bonchev–Trinajstić information content (AvgIpc) is 3.45. The van der Waals surface area contributed by atoms with Gasteiger partial charge in [0.05, 0.1) is 5.41 Å². The van der Waals surface area contributed by atoms with Crippen molar-refractivity contribution < 1.29 is 14.1 Å². The molecule has 1 aliphatic heterocycles. The Morgan fingerprint density at radius 3 is 2.93 bits per heavy atom. The van der Waals surface area contributed by atoms with Crippen LogP contribution in [0, 0.1) is 13.8 Å². The number of nitrogens with zero attached hydrogens (tertiary/aromatic N) is 3. The second-order valence-corrected chi connectivity index (χ2v) is 8.53. The van der Waals surface area contributed by atoms with Crippen LogP contribution in [0.4, 0.5) is 10.5 Å². The van der Waals surface area contributed by atoms with Crippen LogP contribution in [0.3, 0.4) is 0 Å². The first-order valence-electron chi connectivity index (χ1n) is 10.5. The zero-order chi connectivity index (χ0) is 20.4. The number of hydrogen-bond donors (Lipinski definition) is 1. The van der Waals surface area contributed by atoms with E-state index >= 15 is 0 Å². The number of benzene rings is 1. The van der Waals surface area contributed by atoms with Crippen molar-refractivity contribution in [2.24, 2.45) is 0 Å². The number of carbonyl (C=O) groups excluding carboxylic acids is 1. The molecule has 0 bridgehead atoms. The second-order valence-electron chi connectivity index (χ2n) is 8.53. The molecule has 1 saturated carbocycles. The SMILES string of the molecule is COCCC1(c2noc(C3CC3)n2)CCCN(C(=O)Nc2ccc(C)cc2C)C1. The molecule has 156 valence electrons. The van der Waals surface area contributed by atoms with Crippen LogP contribution in [-0.4, -0.2) is 47.9 Å². The van der Waals surface area contributed by atoms with Gasteiger partial charge in [0, 0.05) is 38.4 Å². The molecule has 2 fully saturated rings. The molecule has 4 rings (SSSR count). The predicted octanol–water partition coefficient (Wildman–Crippen LogP) is 4.17. The summed E-state index contributed by atoms with van der Waals surface area (Å²) in [4.78, 5) is 19.7. The van der Waals surface area contributed by atoms with Gasteiger partial charge in [0.1, 0.15) is 0 Å². The number of amides is 2. The summed E-state index contributed by atoms with van der Waals surface area (Å²) in [5.74, 6) is 1.89. The van der Waals surface area contributed by atoms with Gasteiger partial charge in [-0.1, -0.05) is 22.9 Å². The Morgan fingerprint density at radius 2 is 2.21 bits per heavy atom. The summed E-state index contributed by atoms with van der Waals surface area (Å²) in [5, 5.41) is 7.41. The van der Waals surface area contributed by atoms with Gasteiger partial charge >= 0.3 is 6.03 Å². The van der Waals surface area contributed by atoms with E-state index in [-0.39, 0.29) is 11.4 Å². The van der Waals surface area contributed by atoms with Crippen LogP contribution in [0.25, 0.3) is 0 Å². The monoisotopic (exact) mass is 398 g/mol. The summed E-state index contributed by atoms with van der Waals surface area (Å²) >= 11 is 0. The quantitative estimate of drug-likeness (QED) is 0.790. The average molecular weight is 399 g/mol. The molecule has 0 spiro atoms. The van der Waals surface area contributed by atoms with E-state index in [9.17, 15) is 4.79 Å². The molecule has 1 saturated heterocycles. The molecule has 2 heterocycles. The summed E-state index contributed by atoms with van der Waals surface area (Å²) in [6.07, 6.45) is 4.83. The number of likely N-dealkylation sites (tertiary alicyclic amines) is 1. The van der Waals surface area contributed by atoms with Crippen molar-refractivity contribution in [2.75, 3.05) is 32.1 Å². The minimum atomic E-state index is -0.329. The first kappa shape index (κ1) is 19.9. The standard InChI is InChI=1S/C22H30N4O3/c1-15-5-8-18(16(2)13-15)23-21(27)26-11-4-9-22(14-26,10-12-28-3)20-24-19(29-25-20)17-6-7-17/h5,8,13,17H,4,6-7,9-12,14H2,1-3H3,(H,23,27). The van der Waals surface area contributed by atoms with Gasteiger partial charge in [0.25, 0.3) is 0 Å². The van der Waals surface area contributed by atoms with Crippen molar-refractivity contribution in [1.29, 1.82) is 0 Å². The number of rotatable bonds is 6. The maximum absolute atomic E-state index is 13.0. The summed E-state index contributed by atoms with van der Waals surface area (Å²) in [6.45, 7) is 5.95. The number of urea groups is 1. The van der Waals surface area contributed by atoms with Gasteiger partial charge in [-0.3, -0.25) is 0 Å². The summed E-state index contributed by atoms with van der Waals surface area (Å²) in [5.41, 5.74) is 2.77. The number of ether oxygens (including phenoxy) is 1. The maximum Gasteiger partial charge on any atom is 0.321 e. The Balaban J connectivity index is 1.53. The van der Waals surface area contributed by atoms with Gasteiger partial charge in [0.15, 0.2) is 5.82 Å². The fourth-order valence-corrected chi connectivity index (χ4v) is 4.20. The van der Waals surface area contributed by atoms with E-state index in [2.05, 4.69) is 16.5 Å². The molecule has 1 N–H and O–H groups in total. The molecule has 7 heteroatoms. The Hall–Kier alpha value is -2.41. The van der Waals surface area contributed by atoms with Crippen LogP contribution < -0.4 is 5.32 Å². The lowest BCUT2D eigenvalue weighted by Gasteiger charge is -2.40. The highest BCUT2D eigenvalue weighted by Gasteiger charge is 2.43. The molecule has 2 amide bonds. The van der Waals surface area contributed by atoms with Gasteiger partial charge in [-0.2, -0.15) is 4.98 Å². The Bertz CT molecular complexity index is 877. The zero-order valence-electron chi connectivity index (χ0n) is 17.5. The van der Waals surface area contributed by atoms with Crippen LogP contribution in [0.1, 0.15) is 60.9 Å². The Morgan fingerprint density at radius 1 is 1.38 bits per heavy atom. The van der Waals surface area contributed by atoms with Crippen LogP contribution in [0.5, 0.6) is 0 Å². The van der Waals surface area contributed by atoms with Crippen molar-refractivity contribution in [3.05, 3.63) is 41.0 Å². The van der Waals surface area contributed by atoms with Gasteiger partial charge < -0.3 is 19.5 Å². The number of methoxy groups -OCH3 is 1. The number of hydrogen-bond acceptors (Lipinski definition) is 5. The van der Waals surface area contributed by atoms with Crippen molar-refractivity contribution in [2.45, 2.75) is 57.3 Å². The molecule has 1 unspecified atom stereocenters. The fraction of sp³-hybridized carbons (Fsp3) is 0.591. The highest BCUT2D eigenvalue weighted by Crippen LogP contribution is 2.41. The van der Waals surface area contributed by atoms with Crippen LogP contribution in [0.15, 0.2) is 22.7 Å². The lowest BCUT2D eigenvalue weighted by Crippen LogP contribution is -2.50. The fourth-order valence-electron chi connectivity index (χ4n) is 4.20. The number of carbonyl (C=O) groups is 1. The molecule has 7 nitrogen and oxygen atoms in total. The zero-order valence-corrected chi connectivity index (χ0v) is 17.5. The van der Waals surface area contributed by atoms with Gasteiger partial charge in [0.2, 0.25) is 5.89 Å². The highest BCUT2D eigenvalue weighted by molar-refractivity contribution is 5.90. The molecule has 1 aliphatic carbocycles. The molecule has 2 aliphatic rings. The van der Waals surface area contributed by atoms with E-state index in [1.807, 2.05) is 30.9 Å². The second kappa shape index (κ2) is 8.14. The van der Waals surface area contributed by atoms with E-state index in [4.69, 9.17) is 14.2 Å². The van der Waals surface area contributed by atoms with Gasteiger partial charge in [-0.05, 0) is 57.6 Å². The van der Waals surface area contributed by atoms with Crippen LogP contribution in [0.2, 0.25) is 0 Å². The van der Waals surface area contributed by atoms with E-state index < -0.39 is 0 Å². The molecule has 1 atom stereocenters. The molecular formula is C22H30N4O3. The minimum Gasteiger partial charge on any atom is -0.385 e. The maximum atomic E-state index is 13.0. The van der Waals surface area contributed by atoms with Crippen molar-refractivity contribution in [3.63, 3.8) is 0 Å². The van der Waals surface area contributed by atoms with Crippen molar-refractivity contribution in [3.8, 4) is 0 Å². The number of aromatic nitrogens is 2. The third-order valence-electron chi connectivity index (χ3n) is 6.12. The molecular weight excluding hydrogens is 368 g/mol. The normalized spacial score (nSPS) is 22.0. The summed E-state index contributed by atoms with van der Waals surface area (Å²) in [6, 6.07) is 5.98. The van der Waals surface area contributed by atoms with Gasteiger partial charge in [-0.25, -0.2) is 4.79 Å². The Labute approximate surface area is 171 Å². The molecule has 1 aromatic heterocycles. The van der Waals surface area contributed by atoms with Crippen LogP contribution >= 0.6 is 0 Å². The predicted molar refractivity (Wildman–Crippen MR) is 110 cm³/mol. The first-order chi connectivity index (χ1) is 14.0. The van der Waals surface area contributed by atoms with Gasteiger partial charge in [-0.15, -0.1) is 0 Å². The topological polar surface area (TPSA) is 80.5 Å². The third kappa shape index (κ3) is 4.29.